The first-order valence-corrected chi connectivity index (χ1v) is 20.6. The molecule has 5 heteroatoms. The maximum Gasteiger partial charge on any atom is 0.202 e. The molecule has 2 aliphatic rings. The molecule has 0 amide bonds. The van der Waals surface area contributed by atoms with Crippen molar-refractivity contribution in [2.75, 3.05) is 0 Å². The summed E-state index contributed by atoms with van der Waals surface area (Å²) < 4.78 is 2.46. The number of fused-ring (bicyclic) bond motifs is 6. The van der Waals surface area contributed by atoms with E-state index in [0.29, 0.717) is 5.92 Å². The number of nitrogens with one attached hydrogen (secondary N) is 1. The maximum absolute atomic E-state index is 5.27. The molecule has 0 bridgehead atoms. The number of aryl methyl sites for hydroxylation is 1. The van der Waals surface area contributed by atoms with Crippen molar-refractivity contribution in [3.63, 3.8) is 0 Å². The number of allylic oxidation sites excluding steroid dienone is 4. The number of hydrogen-bond acceptors (Lipinski definition) is 2. The number of pyridine rings is 1. The van der Waals surface area contributed by atoms with Crippen molar-refractivity contribution < 1.29 is 0 Å². The molecular formula is C47H46N4Si. The van der Waals surface area contributed by atoms with Crippen LogP contribution in [0.5, 0.6) is 0 Å². The molecule has 1 aliphatic heterocycles. The van der Waals surface area contributed by atoms with Crippen LogP contribution in [0.25, 0.3) is 44.3 Å². The van der Waals surface area contributed by atoms with E-state index in [1.165, 1.54) is 59.4 Å². The summed E-state index contributed by atoms with van der Waals surface area (Å²) >= 11 is 0. The number of aromatic amines is 1. The molecule has 258 valence electrons. The SMILES string of the molecule is Cc1cc(-c2cccc(-n3c4ccccc4c4ccc([Si@@]5(c6ccccn6)C6=CCC(C(C)(C)C)C=C6c6cc(C(C)(C)C)ccc65)cc43)c2)n[nH]1. The van der Waals surface area contributed by atoms with E-state index in [9.17, 15) is 0 Å². The third-order valence-corrected chi connectivity index (χ3v) is 16.4. The van der Waals surface area contributed by atoms with Crippen molar-refractivity contribution in [3.05, 3.63) is 150 Å². The average molecular weight is 695 g/mol. The van der Waals surface area contributed by atoms with Gasteiger partial charge < -0.3 is 4.57 Å². The fourth-order valence-electron chi connectivity index (χ4n) is 8.78. The normalized spacial score (nSPS) is 18.7. The van der Waals surface area contributed by atoms with Gasteiger partial charge in [0, 0.05) is 39.2 Å². The van der Waals surface area contributed by atoms with Crippen LogP contribution in [-0.2, 0) is 5.41 Å². The van der Waals surface area contributed by atoms with E-state index in [0.717, 1.165) is 29.1 Å². The standard InChI is InChI=1S/C47H46N4Si/c1-30-25-40(50-49-30)31-13-12-14-34(26-31)51-41-16-9-8-15-36(41)37-21-20-35(29-42(37)51)52(45-17-10-11-24-48-45)43-22-18-32(46(2,3)4)27-38(43)39-28-33(47(5,6)7)19-23-44(39)52/h8-18,20-29,33H,19H2,1-7H3,(H,49,50)/t33?,52-/m0/s1. The van der Waals surface area contributed by atoms with Crippen molar-refractivity contribution in [1.82, 2.24) is 19.7 Å². The Labute approximate surface area is 308 Å². The lowest BCUT2D eigenvalue weighted by atomic mass is 9.75. The number of nitrogens with zero attached hydrogens (tertiary/aromatic N) is 3. The topological polar surface area (TPSA) is 46.5 Å². The minimum atomic E-state index is -2.83. The average Bonchev–Trinajstić information content (AvgIpc) is 3.81. The second-order valence-electron chi connectivity index (χ2n) is 17.0. The van der Waals surface area contributed by atoms with Crippen LogP contribution in [0.1, 0.15) is 64.8 Å². The van der Waals surface area contributed by atoms with E-state index in [1.54, 1.807) is 0 Å². The van der Waals surface area contributed by atoms with Gasteiger partial charge in [-0.2, -0.15) is 5.10 Å². The zero-order chi connectivity index (χ0) is 36.0. The van der Waals surface area contributed by atoms with E-state index < -0.39 is 8.07 Å². The minimum Gasteiger partial charge on any atom is -0.309 e. The third kappa shape index (κ3) is 4.93. The summed E-state index contributed by atoms with van der Waals surface area (Å²) in [6.45, 7) is 16.2. The smallest absolute Gasteiger partial charge is 0.202 e. The van der Waals surface area contributed by atoms with Gasteiger partial charge in [-0.25, -0.2) is 0 Å². The number of H-pyrrole nitrogens is 1. The Kier molecular flexibility index (Phi) is 7.29. The van der Waals surface area contributed by atoms with Crippen LogP contribution in [0.2, 0.25) is 0 Å². The van der Waals surface area contributed by atoms with Crippen molar-refractivity contribution in [2.45, 2.75) is 60.3 Å². The Morgan fingerprint density at radius 2 is 1.58 bits per heavy atom. The number of para-hydroxylation sites is 1. The summed E-state index contributed by atoms with van der Waals surface area (Å²) in [7, 11) is -2.83. The van der Waals surface area contributed by atoms with Gasteiger partial charge in [-0.1, -0.05) is 120 Å². The van der Waals surface area contributed by atoms with Gasteiger partial charge in [-0.15, -0.1) is 0 Å². The molecule has 1 aliphatic carbocycles. The van der Waals surface area contributed by atoms with Crippen molar-refractivity contribution >= 4 is 51.1 Å². The molecule has 0 spiro atoms. The molecule has 2 atom stereocenters. The fraction of sp³-hybridized carbons (Fsp3) is 0.234. The highest BCUT2D eigenvalue weighted by Gasteiger charge is 2.53. The monoisotopic (exact) mass is 694 g/mol. The van der Waals surface area contributed by atoms with Crippen LogP contribution in [0.4, 0.5) is 0 Å². The summed E-state index contributed by atoms with van der Waals surface area (Å²) in [6, 6.07) is 41.0. The van der Waals surface area contributed by atoms with E-state index in [1.807, 2.05) is 13.1 Å². The summed E-state index contributed by atoms with van der Waals surface area (Å²) in [5.74, 6) is 0.460. The molecule has 0 fully saturated rings. The van der Waals surface area contributed by atoms with Crippen LogP contribution < -0.4 is 15.7 Å². The van der Waals surface area contributed by atoms with Gasteiger partial charge in [0.25, 0.3) is 0 Å². The molecule has 0 saturated heterocycles. The Morgan fingerprint density at radius 1 is 0.769 bits per heavy atom. The second-order valence-corrected chi connectivity index (χ2v) is 20.6. The Balaban J connectivity index is 1.36. The summed E-state index contributed by atoms with van der Waals surface area (Å²) in [5, 5.41) is 15.7. The largest absolute Gasteiger partial charge is 0.309 e. The van der Waals surface area contributed by atoms with Crippen LogP contribution >= 0.6 is 0 Å². The first-order chi connectivity index (χ1) is 24.9. The Hall–Kier alpha value is -5.26. The Bertz CT molecular complexity index is 2590. The van der Waals surface area contributed by atoms with Crippen LogP contribution in [0.3, 0.4) is 0 Å². The van der Waals surface area contributed by atoms with Crippen molar-refractivity contribution in [2.24, 2.45) is 11.3 Å². The highest BCUT2D eigenvalue weighted by molar-refractivity contribution is 7.18. The lowest BCUT2D eigenvalue weighted by molar-refractivity contribution is 0.294. The second kappa shape index (κ2) is 11.6. The molecule has 7 aromatic rings. The highest BCUT2D eigenvalue weighted by Crippen LogP contribution is 2.46. The number of rotatable bonds is 4. The predicted octanol–water partition coefficient (Wildman–Crippen LogP) is 9.57. The molecule has 4 nitrogen and oxygen atoms in total. The Morgan fingerprint density at radius 3 is 2.33 bits per heavy atom. The van der Waals surface area contributed by atoms with Gasteiger partial charge in [0.1, 0.15) is 0 Å². The molecular weight excluding hydrogens is 649 g/mol. The zero-order valence-corrected chi connectivity index (χ0v) is 32.3. The number of benzene rings is 4. The van der Waals surface area contributed by atoms with E-state index >= 15 is 0 Å². The fourth-order valence-corrected chi connectivity index (χ4v) is 13.8. The first kappa shape index (κ1) is 32.6. The predicted molar refractivity (Wildman–Crippen MR) is 221 cm³/mol. The van der Waals surface area contributed by atoms with Gasteiger partial charge in [-0.05, 0) is 105 Å². The van der Waals surface area contributed by atoms with E-state index in [4.69, 9.17) is 4.98 Å². The number of hydrogen-bond donors (Lipinski definition) is 1. The van der Waals surface area contributed by atoms with Gasteiger partial charge in [0.2, 0.25) is 8.07 Å². The molecule has 1 unspecified atom stereocenters. The molecule has 9 rings (SSSR count). The van der Waals surface area contributed by atoms with Gasteiger partial charge in [-0.3, -0.25) is 10.1 Å². The first-order valence-electron chi connectivity index (χ1n) is 18.6. The molecule has 4 heterocycles. The zero-order valence-electron chi connectivity index (χ0n) is 31.3. The van der Waals surface area contributed by atoms with Gasteiger partial charge in [0.05, 0.1) is 16.7 Å². The van der Waals surface area contributed by atoms with E-state index in [2.05, 4.69) is 178 Å². The third-order valence-electron chi connectivity index (χ3n) is 11.6. The summed E-state index contributed by atoms with van der Waals surface area (Å²) in [5.41, 5.74) is 11.0. The highest BCUT2D eigenvalue weighted by atomic mass is 28.3. The summed E-state index contributed by atoms with van der Waals surface area (Å²) in [6.07, 6.45) is 8.26. The maximum atomic E-state index is 5.27. The van der Waals surface area contributed by atoms with Crippen molar-refractivity contribution in [1.29, 1.82) is 0 Å². The molecule has 1 N–H and O–H groups in total. The molecule has 4 aromatic carbocycles. The summed E-state index contributed by atoms with van der Waals surface area (Å²) in [4.78, 5) is 5.27. The van der Waals surface area contributed by atoms with Crippen LogP contribution in [-0.4, -0.2) is 27.8 Å². The van der Waals surface area contributed by atoms with Gasteiger partial charge >= 0.3 is 0 Å². The van der Waals surface area contributed by atoms with Crippen LogP contribution in [0.15, 0.2) is 133 Å². The lowest BCUT2D eigenvalue weighted by Crippen LogP contribution is -2.67. The lowest BCUT2D eigenvalue weighted by Gasteiger charge is -2.35. The van der Waals surface area contributed by atoms with Crippen molar-refractivity contribution in [3.8, 4) is 16.9 Å². The molecule has 3 aromatic heterocycles. The van der Waals surface area contributed by atoms with Gasteiger partial charge in [0.15, 0.2) is 0 Å². The van der Waals surface area contributed by atoms with Crippen LogP contribution in [0, 0.1) is 18.3 Å². The quantitative estimate of drug-likeness (QED) is 0.187. The molecule has 0 saturated carbocycles. The molecule has 0 radical (unpaired) electrons. The number of aromatic nitrogens is 4. The minimum absolute atomic E-state index is 0.0400. The molecule has 52 heavy (non-hydrogen) atoms. The van der Waals surface area contributed by atoms with E-state index in [-0.39, 0.29) is 10.8 Å².